The number of benzene rings is 1. The first-order chi connectivity index (χ1) is 11.5. The summed E-state index contributed by atoms with van der Waals surface area (Å²) in [6.07, 6.45) is 1.79. The van der Waals surface area contributed by atoms with Gasteiger partial charge in [-0.1, -0.05) is 0 Å². The van der Waals surface area contributed by atoms with Crippen LogP contribution in [0.2, 0.25) is 0 Å². The average Bonchev–Trinajstić information content (AvgIpc) is 2.54. The van der Waals surface area contributed by atoms with Crippen molar-refractivity contribution in [3.8, 4) is 0 Å². The maximum Gasteiger partial charge on any atom is 0.341 e. The molecule has 1 aromatic heterocycles. The third-order valence-electron chi connectivity index (χ3n) is 3.66. The van der Waals surface area contributed by atoms with Crippen molar-refractivity contribution in [2.75, 3.05) is 13.2 Å². The van der Waals surface area contributed by atoms with Crippen LogP contribution in [0.25, 0.3) is 10.9 Å². The maximum atomic E-state index is 12.5. The Morgan fingerprint density at radius 2 is 2.12 bits per heavy atom. The van der Waals surface area contributed by atoms with Crippen LogP contribution in [0.3, 0.4) is 0 Å². The van der Waals surface area contributed by atoms with E-state index in [-0.39, 0.29) is 16.6 Å². The average molecular weight is 334 g/mol. The van der Waals surface area contributed by atoms with Gasteiger partial charge in [0.15, 0.2) is 0 Å². The Bertz CT molecular complexity index is 827. The lowest BCUT2D eigenvalue weighted by Gasteiger charge is -2.09. The molecule has 0 aliphatic rings. The van der Waals surface area contributed by atoms with Gasteiger partial charge < -0.3 is 14.8 Å². The molecular weight excluding hydrogens is 316 g/mol. The van der Waals surface area contributed by atoms with Crippen LogP contribution in [0, 0.1) is 10.1 Å². The van der Waals surface area contributed by atoms with E-state index in [4.69, 9.17) is 4.74 Å². The summed E-state index contributed by atoms with van der Waals surface area (Å²) in [5.74, 6) is -1.34. The fourth-order valence-electron chi connectivity index (χ4n) is 2.50. The molecule has 128 valence electrons. The molecule has 0 spiro atoms. The summed E-state index contributed by atoms with van der Waals surface area (Å²) < 4.78 is 5.23. The highest BCUT2D eigenvalue weighted by Crippen LogP contribution is 2.19. The molecule has 2 aromatic rings. The minimum Gasteiger partial charge on any atom is -0.477 e. The highest BCUT2D eigenvalue weighted by Gasteiger charge is 2.19. The molecule has 0 aliphatic carbocycles. The van der Waals surface area contributed by atoms with Crippen molar-refractivity contribution < 1.29 is 19.6 Å². The van der Waals surface area contributed by atoms with Crippen molar-refractivity contribution in [1.29, 1.82) is 0 Å². The SMILES string of the molecule is CCOCCCCc1[nH]c2ccc([N+](=O)[O-])cc2c(=O)c1C(=O)O. The highest BCUT2D eigenvalue weighted by molar-refractivity contribution is 5.94. The Kier molecular flexibility index (Phi) is 5.64. The predicted molar refractivity (Wildman–Crippen MR) is 87.6 cm³/mol. The monoisotopic (exact) mass is 334 g/mol. The third kappa shape index (κ3) is 3.77. The molecule has 0 fully saturated rings. The second kappa shape index (κ2) is 7.69. The van der Waals surface area contributed by atoms with Crippen LogP contribution in [0.1, 0.15) is 35.8 Å². The first-order valence-corrected chi connectivity index (χ1v) is 7.60. The molecule has 8 heteroatoms. The zero-order chi connectivity index (χ0) is 17.7. The number of aromatic carboxylic acids is 1. The van der Waals surface area contributed by atoms with Crippen molar-refractivity contribution in [3.05, 3.63) is 49.8 Å². The molecule has 1 aromatic carbocycles. The minimum atomic E-state index is -1.34. The normalized spacial score (nSPS) is 10.9. The second-order valence-electron chi connectivity index (χ2n) is 5.25. The van der Waals surface area contributed by atoms with Gasteiger partial charge in [0.2, 0.25) is 5.43 Å². The van der Waals surface area contributed by atoms with Gasteiger partial charge in [-0.3, -0.25) is 14.9 Å². The number of aryl methyl sites for hydroxylation is 1. The maximum absolute atomic E-state index is 12.5. The van der Waals surface area contributed by atoms with Crippen LogP contribution in [0.5, 0.6) is 0 Å². The quantitative estimate of drug-likeness (QED) is 0.434. The Balaban J connectivity index is 2.42. The lowest BCUT2D eigenvalue weighted by molar-refractivity contribution is -0.384. The van der Waals surface area contributed by atoms with Crippen LogP contribution in [0.15, 0.2) is 23.0 Å². The Hall–Kier alpha value is -2.74. The lowest BCUT2D eigenvalue weighted by atomic mass is 10.0. The van der Waals surface area contributed by atoms with Crippen LogP contribution in [-0.2, 0) is 11.2 Å². The number of H-pyrrole nitrogens is 1. The van der Waals surface area contributed by atoms with Crippen molar-refractivity contribution in [1.82, 2.24) is 4.98 Å². The molecule has 24 heavy (non-hydrogen) atoms. The number of nitro benzene ring substituents is 1. The molecular formula is C16H18N2O6. The number of carboxylic acids is 1. The number of rotatable bonds is 8. The number of nitro groups is 1. The molecule has 0 unspecified atom stereocenters. The summed E-state index contributed by atoms with van der Waals surface area (Å²) in [4.78, 5) is 37.1. The van der Waals surface area contributed by atoms with E-state index in [2.05, 4.69) is 4.98 Å². The van der Waals surface area contributed by atoms with E-state index in [9.17, 15) is 24.8 Å². The predicted octanol–water partition coefficient (Wildman–Crippen LogP) is 2.49. The number of carbonyl (C=O) groups is 1. The van der Waals surface area contributed by atoms with E-state index < -0.39 is 16.3 Å². The third-order valence-corrected chi connectivity index (χ3v) is 3.66. The van der Waals surface area contributed by atoms with E-state index in [1.54, 1.807) is 0 Å². The number of hydrogen-bond donors (Lipinski definition) is 2. The number of ether oxygens (including phenoxy) is 1. The standard InChI is InChI=1S/C16H18N2O6/c1-2-24-8-4-3-5-13-14(16(20)21)15(19)11-9-10(18(22)23)6-7-12(11)17-13/h6-7,9H,2-5,8H2,1H3,(H,17,19)(H,20,21). The van der Waals surface area contributed by atoms with Gasteiger partial charge in [-0.05, 0) is 32.3 Å². The molecule has 1 heterocycles. The van der Waals surface area contributed by atoms with Gasteiger partial charge in [0.25, 0.3) is 5.69 Å². The summed E-state index contributed by atoms with van der Waals surface area (Å²) >= 11 is 0. The molecule has 0 bridgehead atoms. The number of fused-ring (bicyclic) bond motifs is 1. The number of nitrogens with zero attached hydrogens (tertiary/aromatic N) is 1. The lowest BCUT2D eigenvalue weighted by Crippen LogP contribution is -2.20. The zero-order valence-electron chi connectivity index (χ0n) is 13.2. The first-order valence-electron chi connectivity index (χ1n) is 7.60. The number of carboxylic acid groups (broad SMARTS) is 1. The Morgan fingerprint density at radius 1 is 1.38 bits per heavy atom. The number of aromatic nitrogens is 1. The summed E-state index contributed by atoms with van der Waals surface area (Å²) in [5.41, 5.74) is -0.617. The number of pyridine rings is 1. The molecule has 0 saturated heterocycles. The van der Waals surface area contributed by atoms with Crippen molar-refractivity contribution in [2.24, 2.45) is 0 Å². The van der Waals surface area contributed by atoms with Gasteiger partial charge in [0, 0.05) is 31.0 Å². The Morgan fingerprint density at radius 3 is 2.75 bits per heavy atom. The van der Waals surface area contributed by atoms with Crippen LogP contribution >= 0.6 is 0 Å². The highest BCUT2D eigenvalue weighted by atomic mass is 16.6. The molecule has 0 radical (unpaired) electrons. The molecule has 2 rings (SSSR count). The summed E-state index contributed by atoms with van der Waals surface area (Å²) in [5, 5.41) is 20.2. The topological polar surface area (TPSA) is 123 Å². The first kappa shape index (κ1) is 17.6. The van der Waals surface area contributed by atoms with E-state index in [1.807, 2.05) is 6.92 Å². The smallest absolute Gasteiger partial charge is 0.341 e. The molecule has 0 atom stereocenters. The van der Waals surface area contributed by atoms with Crippen molar-refractivity contribution in [2.45, 2.75) is 26.2 Å². The van der Waals surface area contributed by atoms with Gasteiger partial charge in [-0.2, -0.15) is 0 Å². The fraction of sp³-hybridized carbons (Fsp3) is 0.375. The molecule has 0 amide bonds. The molecule has 0 saturated carbocycles. The summed E-state index contributed by atoms with van der Waals surface area (Å²) in [6, 6.07) is 3.79. The Labute approximate surface area is 137 Å². The van der Waals surface area contributed by atoms with Crippen LogP contribution in [0.4, 0.5) is 5.69 Å². The van der Waals surface area contributed by atoms with Gasteiger partial charge in [0.05, 0.1) is 15.8 Å². The van der Waals surface area contributed by atoms with E-state index >= 15 is 0 Å². The number of aromatic amines is 1. The minimum absolute atomic E-state index is 0.000309. The van der Waals surface area contributed by atoms with Gasteiger partial charge >= 0.3 is 5.97 Å². The summed E-state index contributed by atoms with van der Waals surface area (Å²) in [7, 11) is 0. The van der Waals surface area contributed by atoms with Crippen LogP contribution < -0.4 is 5.43 Å². The van der Waals surface area contributed by atoms with Gasteiger partial charge in [0.1, 0.15) is 5.56 Å². The number of nitrogens with one attached hydrogen (secondary N) is 1. The van der Waals surface area contributed by atoms with E-state index in [0.29, 0.717) is 37.3 Å². The zero-order valence-corrected chi connectivity index (χ0v) is 13.2. The van der Waals surface area contributed by atoms with E-state index in [1.165, 1.54) is 12.1 Å². The van der Waals surface area contributed by atoms with Crippen molar-refractivity contribution >= 4 is 22.6 Å². The molecule has 2 N–H and O–H groups in total. The summed E-state index contributed by atoms with van der Waals surface area (Å²) in [6.45, 7) is 3.08. The second-order valence-corrected chi connectivity index (χ2v) is 5.25. The molecule has 0 aliphatic heterocycles. The number of hydrogen-bond acceptors (Lipinski definition) is 5. The van der Waals surface area contributed by atoms with Crippen LogP contribution in [-0.4, -0.2) is 34.2 Å². The van der Waals surface area contributed by atoms with Gasteiger partial charge in [-0.25, -0.2) is 4.79 Å². The fourth-order valence-corrected chi connectivity index (χ4v) is 2.50. The molecule has 8 nitrogen and oxygen atoms in total. The number of unbranched alkanes of at least 4 members (excludes halogenated alkanes) is 1. The number of non-ortho nitro benzene ring substituents is 1. The largest absolute Gasteiger partial charge is 0.477 e. The van der Waals surface area contributed by atoms with Gasteiger partial charge in [-0.15, -0.1) is 0 Å². The van der Waals surface area contributed by atoms with Crippen molar-refractivity contribution in [3.63, 3.8) is 0 Å². The van der Waals surface area contributed by atoms with E-state index in [0.717, 1.165) is 12.5 Å².